The molecule has 2 heterocycles. The van der Waals surface area contributed by atoms with Crippen LogP contribution in [0.4, 0.5) is 4.79 Å². The SMILES string of the molecule is C=CCC1C(C(=O)N2CC[C@H]3CC[C@@H](O)[C@H]32)=CC=CN1C(=O)OC. The molecule has 0 radical (unpaired) electrons. The molecule has 24 heavy (non-hydrogen) atoms. The normalized spacial score (nSPS) is 31.7. The number of carbonyl (C=O) groups is 2. The van der Waals surface area contributed by atoms with Crippen molar-refractivity contribution in [2.75, 3.05) is 13.7 Å². The Morgan fingerprint density at radius 3 is 2.92 bits per heavy atom. The van der Waals surface area contributed by atoms with Gasteiger partial charge in [0.25, 0.3) is 5.91 Å². The molecule has 0 bridgehead atoms. The van der Waals surface area contributed by atoms with E-state index >= 15 is 0 Å². The van der Waals surface area contributed by atoms with Gasteiger partial charge in [0.2, 0.25) is 0 Å². The summed E-state index contributed by atoms with van der Waals surface area (Å²) in [5.41, 5.74) is 0.544. The maximum atomic E-state index is 13.1. The number of methoxy groups -OCH3 is 1. The number of ether oxygens (including phenoxy) is 1. The van der Waals surface area contributed by atoms with Gasteiger partial charge in [0.1, 0.15) is 0 Å². The molecule has 1 N–H and O–H groups in total. The Morgan fingerprint density at radius 2 is 2.21 bits per heavy atom. The second kappa shape index (κ2) is 6.81. The van der Waals surface area contributed by atoms with Gasteiger partial charge in [-0.1, -0.05) is 6.08 Å². The Hall–Kier alpha value is -2.08. The predicted octanol–water partition coefficient (Wildman–Crippen LogP) is 1.82. The van der Waals surface area contributed by atoms with E-state index in [0.717, 1.165) is 19.3 Å². The highest BCUT2D eigenvalue weighted by Crippen LogP contribution is 2.39. The highest BCUT2D eigenvalue weighted by Gasteiger charge is 2.47. The summed E-state index contributed by atoms with van der Waals surface area (Å²) >= 11 is 0. The fourth-order valence-corrected chi connectivity index (χ4v) is 4.18. The fraction of sp³-hybridized carbons (Fsp3) is 0.556. The Kier molecular flexibility index (Phi) is 4.76. The number of likely N-dealkylation sites (tertiary alicyclic amines) is 1. The second-order valence-corrected chi connectivity index (χ2v) is 6.56. The van der Waals surface area contributed by atoms with Crippen molar-refractivity contribution in [1.29, 1.82) is 0 Å². The predicted molar refractivity (Wildman–Crippen MR) is 88.9 cm³/mol. The first kappa shape index (κ1) is 16.8. The Morgan fingerprint density at radius 1 is 1.42 bits per heavy atom. The molecule has 1 unspecified atom stereocenters. The smallest absolute Gasteiger partial charge is 0.414 e. The quantitative estimate of drug-likeness (QED) is 0.801. The van der Waals surface area contributed by atoms with Crippen molar-refractivity contribution < 1.29 is 19.4 Å². The average Bonchev–Trinajstić information content (AvgIpc) is 3.17. The zero-order valence-electron chi connectivity index (χ0n) is 13.9. The van der Waals surface area contributed by atoms with Gasteiger partial charge in [-0.15, -0.1) is 6.58 Å². The van der Waals surface area contributed by atoms with Crippen molar-refractivity contribution in [3.63, 3.8) is 0 Å². The van der Waals surface area contributed by atoms with Crippen LogP contribution in [0.25, 0.3) is 0 Å². The molecule has 2 amide bonds. The van der Waals surface area contributed by atoms with Gasteiger partial charge in [-0.25, -0.2) is 4.79 Å². The van der Waals surface area contributed by atoms with Crippen LogP contribution >= 0.6 is 0 Å². The fourth-order valence-electron chi connectivity index (χ4n) is 4.18. The third kappa shape index (κ3) is 2.75. The van der Waals surface area contributed by atoms with Gasteiger partial charge in [0.05, 0.1) is 25.3 Å². The van der Waals surface area contributed by atoms with E-state index in [9.17, 15) is 14.7 Å². The molecule has 6 nitrogen and oxygen atoms in total. The summed E-state index contributed by atoms with van der Waals surface area (Å²) in [7, 11) is 1.32. The van der Waals surface area contributed by atoms with Crippen LogP contribution in [0.15, 0.2) is 36.6 Å². The molecule has 1 aliphatic carbocycles. The largest absolute Gasteiger partial charge is 0.452 e. The Labute approximate surface area is 142 Å². The van der Waals surface area contributed by atoms with E-state index in [1.807, 2.05) is 0 Å². The molecule has 3 rings (SSSR count). The van der Waals surface area contributed by atoms with Gasteiger partial charge in [-0.2, -0.15) is 0 Å². The first-order valence-electron chi connectivity index (χ1n) is 8.43. The van der Waals surface area contributed by atoms with E-state index in [-0.39, 0.29) is 11.9 Å². The van der Waals surface area contributed by atoms with E-state index in [0.29, 0.717) is 24.5 Å². The zero-order valence-corrected chi connectivity index (χ0v) is 13.9. The minimum Gasteiger partial charge on any atom is -0.452 e. The summed E-state index contributed by atoms with van der Waals surface area (Å²) in [6.07, 6.45) is 8.91. The van der Waals surface area contributed by atoms with Gasteiger partial charge in [0.15, 0.2) is 0 Å². The summed E-state index contributed by atoms with van der Waals surface area (Å²) in [5, 5.41) is 10.2. The van der Waals surface area contributed by atoms with Gasteiger partial charge in [-0.05, 0) is 43.8 Å². The highest BCUT2D eigenvalue weighted by atomic mass is 16.5. The van der Waals surface area contributed by atoms with Crippen LogP contribution in [-0.2, 0) is 9.53 Å². The minimum atomic E-state index is -0.503. The minimum absolute atomic E-state index is 0.0970. The molecule has 2 fully saturated rings. The molecule has 3 aliphatic rings. The number of amides is 2. The number of hydrogen-bond donors (Lipinski definition) is 1. The van der Waals surface area contributed by atoms with Crippen LogP contribution in [-0.4, -0.2) is 58.7 Å². The molecule has 0 aromatic heterocycles. The van der Waals surface area contributed by atoms with E-state index in [2.05, 4.69) is 6.58 Å². The average molecular weight is 332 g/mol. The molecule has 6 heteroatoms. The van der Waals surface area contributed by atoms with Crippen molar-refractivity contribution >= 4 is 12.0 Å². The van der Waals surface area contributed by atoms with Crippen LogP contribution in [0.5, 0.6) is 0 Å². The monoisotopic (exact) mass is 332 g/mol. The molecule has 0 spiro atoms. The van der Waals surface area contributed by atoms with E-state index in [1.54, 1.807) is 29.3 Å². The Bertz CT molecular complexity index is 598. The third-order valence-electron chi connectivity index (χ3n) is 5.31. The summed E-state index contributed by atoms with van der Waals surface area (Å²) in [6, 6.07) is -0.523. The maximum Gasteiger partial charge on any atom is 0.414 e. The lowest BCUT2D eigenvalue weighted by Gasteiger charge is -2.34. The second-order valence-electron chi connectivity index (χ2n) is 6.56. The number of fused-ring (bicyclic) bond motifs is 1. The van der Waals surface area contributed by atoms with Gasteiger partial charge in [-0.3, -0.25) is 9.69 Å². The number of carbonyl (C=O) groups excluding carboxylic acids is 2. The van der Waals surface area contributed by atoms with Crippen LogP contribution in [0.2, 0.25) is 0 Å². The molecule has 4 atom stereocenters. The molecule has 1 saturated carbocycles. The lowest BCUT2D eigenvalue weighted by atomic mass is 9.97. The van der Waals surface area contributed by atoms with Crippen LogP contribution in [0.3, 0.4) is 0 Å². The van der Waals surface area contributed by atoms with Gasteiger partial charge < -0.3 is 14.7 Å². The first-order valence-corrected chi connectivity index (χ1v) is 8.43. The number of nitrogens with zero attached hydrogens (tertiary/aromatic N) is 2. The molecular formula is C18H24N2O4. The Balaban J connectivity index is 1.84. The number of hydrogen-bond acceptors (Lipinski definition) is 4. The van der Waals surface area contributed by atoms with E-state index in [1.165, 1.54) is 12.0 Å². The lowest BCUT2D eigenvalue weighted by Crippen LogP contribution is -2.48. The number of aliphatic hydroxyl groups excluding tert-OH is 1. The topological polar surface area (TPSA) is 70.1 Å². The molecule has 130 valence electrons. The van der Waals surface area contributed by atoms with Crippen LogP contribution in [0, 0.1) is 5.92 Å². The van der Waals surface area contributed by atoms with Crippen molar-refractivity contribution in [2.45, 2.75) is 43.9 Å². The summed E-state index contributed by atoms with van der Waals surface area (Å²) in [6.45, 7) is 4.39. The van der Waals surface area contributed by atoms with Gasteiger partial charge >= 0.3 is 6.09 Å². The third-order valence-corrected chi connectivity index (χ3v) is 5.31. The molecule has 2 aliphatic heterocycles. The highest BCUT2D eigenvalue weighted by molar-refractivity contribution is 5.96. The van der Waals surface area contributed by atoms with Crippen molar-refractivity contribution in [1.82, 2.24) is 9.80 Å². The van der Waals surface area contributed by atoms with Crippen molar-refractivity contribution in [3.8, 4) is 0 Å². The lowest BCUT2D eigenvalue weighted by molar-refractivity contribution is -0.130. The number of allylic oxidation sites excluding steroid dienone is 2. The molecule has 1 saturated heterocycles. The summed E-state index contributed by atoms with van der Waals surface area (Å²) in [5.74, 6) is 0.284. The van der Waals surface area contributed by atoms with Crippen molar-refractivity contribution in [3.05, 3.63) is 36.6 Å². The summed E-state index contributed by atoms with van der Waals surface area (Å²) in [4.78, 5) is 28.3. The molecule has 0 aromatic carbocycles. The summed E-state index contributed by atoms with van der Waals surface area (Å²) < 4.78 is 4.82. The van der Waals surface area contributed by atoms with Crippen LogP contribution in [0.1, 0.15) is 25.7 Å². The number of rotatable bonds is 3. The number of aliphatic hydroxyl groups is 1. The molecular weight excluding hydrogens is 308 g/mol. The van der Waals surface area contributed by atoms with Crippen molar-refractivity contribution in [2.24, 2.45) is 5.92 Å². The standard InChI is InChI=1S/C18H24N2O4/c1-3-5-14-13(6-4-10-19(14)18(23)24-2)17(22)20-11-9-12-7-8-15(21)16(12)20/h3-4,6,10,12,14-16,21H,1,5,7-9,11H2,2H3/t12-,14?,15-,16+/m1/s1. The van der Waals surface area contributed by atoms with Gasteiger partial charge in [0, 0.05) is 18.3 Å². The first-order chi connectivity index (χ1) is 11.6. The zero-order chi connectivity index (χ0) is 17.3. The van der Waals surface area contributed by atoms with E-state index in [4.69, 9.17) is 4.74 Å². The van der Waals surface area contributed by atoms with E-state index < -0.39 is 18.2 Å². The molecule has 0 aromatic rings. The van der Waals surface area contributed by atoms with Crippen LogP contribution < -0.4 is 0 Å². The maximum absolute atomic E-state index is 13.1.